The van der Waals surface area contributed by atoms with E-state index in [9.17, 15) is 0 Å². The van der Waals surface area contributed by atoms with Crippen molar-refractivity contribution in [2.24, 2.45) is 35.0 Å². The number of rotatable bonds is 7. The van der Waals surface area contributed by atoms with Gasteiger partial charge in [0.15, 0.2) is 0 Å². The second kappa shape index (κ2) is 14.7. The van der Waals surface area contributed by atoms with Crippen LogP contribution in [-0.2, 0) is 14.1 Å². The van der Waals surface area contributed by atoms with E-state index in [0.717, 1.165) is 29.6 Å². The molecule has 6 nitrogen and oxygen atoms in total. The van der Waals surface area contributed by atoms with Crippen molar-refractivity contribution in [2.75, 3.05) is 0 Å². The molecule has 4 heterocycles. The Balaban J connectivity index is 0.831. The monoisotopic (exact) mass is 778 g/mol. The Labute approximate surface area is 306 Å². The second-order valence-corrected chi connectivity index (χ2v) is 26.4. The van der Waals surface area contributed by atoms with E-state index < -0.39 is 34.4 Å². The van der Waals surface area contributed by atoms with Crippen LogP contribution in [0.5, 0.6) is 0 Å². The Bertz CT molecular complexity index is 1020. The maximum atomic E-state index is 7.16. The maximum absolute atomic E-state index is 7.16. The molecule has 48 heavy (non-hydrogen) atoms. The van der Waals surface area contributed by atoms with Gasteiger partial charge in [-0.2, -0.15) is 0 Å². The SMILES string of the molecule is CC1CCC2CCCC3[O][Ga]([O]C4CCC(C(C)(C5CCCCC5)C5CCC([O][Ga]6[O]C7CCCC8CCC(C)[N]6C87)CC5)CC4)[N]1C23. The molecule has 4 saturated heterocycles. The summed E-state index contributed by atoms with van der Waals surface area (Å²) in [5, 5.41) is 0. The van der Waals surface area contributed by atoms with Gasteiger partial charge in [0.2, 0.25) is 0 Å². The molecule has 268 valence electrons. The minimum atomic E-state index is -2.36. The molecule has 0 amide bonds. The Morgan fingerprint density at radius 3 is 1.38 bits per heavy atom. The zero-order valence-corrected chi connectivity index (χ0v) is 35.8. The standard InChI is InChI=1S/C20H34O2.2C10H17NO.2Ga/c1-20(15-5-3-2-4-6-15,16-7-11-18(21)12-8-16)17-9-13-19(22)14-10-17;2*1-7-5-6-8-3-2-4-9(12)10(8)11-7;;/h15-19H,2-14H2,1H3;2*7-10H,2-6H2,1H3;;/q3*-2;2*+3. The van der Waals surface area contributed by atoms with Crippen molar-refractivity contribution >= 4 is 34.4 Å². The summed E-state index contributed by atoms with van der Waals surface area (Å²) in [5.41, 5.74) is 0.486. The second-order valence-electron chi connectivity index (χ2n) is 19.0. The van der Waals surface area contributed by atoms with E-state index in [1.807, 2.05) is 0 Å². The van der Waals surface area contributed by atoms with Crippen molar-refractivity contribution < 1.29 is 14.1 Å². The summed E-state index contributed by atoms with van der Waals surface area (Å²) in [4.78, 5) is 0. The first-order valence-corrected chi connectivity index (χ1v) is 27.8. The summed E-state index contributed by atoms with van der Waals surface area (Å²) in [7, 11) is 0. The van der Waals surface area contributed by atoms with Crippen LogP contribution in [0.3, 0.4) is 0 Å². The molecule has 0 spiro atoms. The molecular formula is C40H68Ga2N2O4. The van der Waals surface area contributed by atoms with Gasteiger partial charge in [-0.3, -0.25) is 0 Å². The molecule has 5 aliphatic carbocycles. The Hall–Kier alpha value is 1.03. The predicted octanol–water partition coefficient (Wildman–Crippen LogP) is 8.80. The molecule has 0 bridgehead atoms. The molecule has 9 rings (SSSR count). The third-order valence-electron chi connectivity index (χ3n) is 16.8. The van der Waals surface area contributed by atoms with Gasteiger partial charge in [-0.05, 0) is 0 Å². The number of piperidine rings is 2. The third kappa shape index (κ3) is 6.38. The molecule has 9 fully saturated rings. The van der Waals surface area contributed by atoms with Crippen LogP contribution in [0.4, 0.5) is 0 Å². The quantitative estimate of drug-likeness (QED) is 0.241. The van der Waals surface area contributed by atoms with Gasteiger partial charge in [0.1, 0.15) is 0 Å². The molecule has 8 heteroatoms. The van der Waals surface area contributed by atoms with Crippen molar-refractivity contribution in [1.29, 1.82) is 0 Å². The van der Waals surface area contributed by atoms with Crippen LogP contribution >= 0.6 is 0 Å². The third-order valence-corrected chi connectivity index (χ3v) is 27.4. The van der Waals surface area contributed by atoms with E-state index in [-0.39, 0.29) is 0 Å². The molecule has 8 atom stereocenters. The molecule has 0 aromatic rings. The van der Waals surface area contributed by atoms with Crippen LogP contribution in [0.15, 0.2) is 0 Å². The Morgan fingerprint density at radius 1 is 0.479 bits per heavy atom. The van der Waals surface area contributed by atoms with E-state index in [1.54, 1.807) is 0 Å². The van der Waals surface area contributed by atoms with Gasteiger partial charge in [0, 0.05) is 0 Å². The van der Waals surface area contributed by atoms with Crippen LogP contribution in [0.2, 0.25) is 0 Å². The molecular weight excluding hydrogens is 712 g/mol. The van der Waals surface area contributed by atoms with Crippen molar-refractivity contribution in [3.05, 3.63) is 0 Å². The van der Waals surface area contributed by atoms with Crippen molar-refractivity contribution in [3.8, 4) is 0 Å². The van der Waals surface area contributed by atoms with Gasteiger partial charge in [-0.25, -0.2) is 0 Å². The normalized spacial score (nSPS) is 47.1. The molecule has 4 aliphatic heterocycles. The Kier molecular flexibility index (Phi) is 10.6. The topological polar surface area (TPSA) is 43.4 Å². The Morgan fingerprint density at radius 2 is 0.917 bits per heavy atom. The van der Waals surface area contributed by atoms with Gasteiger partial charge in [0.25, 0.3) is 0 Å². The van der Waals surface area contributed by atoms with E-state index in [0.29, 0.717) is 54.0 Å². The zero-order valence-electron chi connectivity index (χ0n) is 31.0. The average molecular weight is 780 g/mol. The van der Waals surface area contributed by atoms with Crippen LogP contribution in [0, 0.1) is 35.0 Å². The van der Waals surface area contributed by atoms with Gasteiger partial charge >= 0.3 is 308 Å². The molecule has 8 unspecified atom stereocenters. The fraction of sp³-hybridized carbons (Fsp3) is 1.00. The first-order valence-electron chi connectivity index (χ1n) is 21.6. The molecule has 0 N–H and O–H groups in total. The van der Waals surface area contributed by atoms with E-state index in [4.69, 9.17) is 14.1 Å². The van der Waals surface area contributed by atoms with Crippen molar-refractivity contribution in [3.63, 3.8) is 0 Å². The summed E-state index contributed by atoms with van der Waals surface area (Å²) in [6.07, 6.45) is 33.6. The summed E-state index contributed by atoms with van der Waals surface area (Å²) in [6, 6.07) is 2.76. The van der Waals surface area contributed by atoms with Crippen molar-refractivity contribution in [2.45, 2.75) is 217 Å². The van der Waals surface area contributed by atoms with Crippen molar-refractivity contribution in [1.82, 2.24) is 7.21 Å². The fourth-order valence-corrected chi connectivity index (χ4v) is 25.9. The van der Waals surface area contributed by atoms with Gasteiger partial charge < -0.3 is 0 Å². The number of hydrogen-bond acceptors (Lipinski definition) is 6. The summed E-state index contributed by atoms with van der Waals surface area (Å²) in [6.45, 7) is 7.75. The molecule has 0 radical (unpaired) electrons. The van der Waals surface area contributed by atoms with Crippen LogP contribution < -0.4 is 0 Å². The van der Waals surface area contributed by atoms with Crippen LogP contribution in [-0.4, -0.2) is 90.2 Å². The summed E-state index contributed by atoms with van der Waals surface area (Å²) >= 11 is -4.73. The van der Waals surface area contributed by atoms with E-state index in [2.05, 4.69) is 28.0 Å². The fourth-order valence-electron chi connectivity index (χ4n) is 14.1. The molecule has 0 aromatic carbocycles. The first kappa shape index (κ1) is 34.8. The zero-order chi connectivity index (χ0) is 32.4. The van der Waals surface area contributed by atoms with Gasteiger partial charge in [0.05, 0.1) is 0 Å². The minimum absolute atomic E-state index is 0.456. The van der Waals surface area contributed by atoms with E-state index in [1.165, 1.54) is 148 Å². The van der Waals surface area contributed by atoms with Gasteiger partial charge in [-0.15, -0.1) is 0 Å². The summed E-state index contributed by atoms with van der Waals surface area (Å²) < 4.78 is 33.9. The van der Waals surface area contributed by atoms with Gasteiger partial charge in [-0.1, -0.05) is 0 Å². The number of hydrogen-bond donors (Lipinski definition) is 0. The number of nitrogens with zero attached hydrogens (tertiary/aromatic N) is 2. The first-order chi connectivity index (χ1) is 23.5. The average Bonchev–Trinajstić information content (AvgIpc) is 3.69. The van der Waals surface area contributed by atoms with Crippen LogP contribution in [0.25, 0.3) is 0 Å². The predicted molar refractivity (Wildman–Crippen MR) is 193 cm³/mol. The summed E-state index contributed by atoms with van der Waals surface area (Å²) in [5.74, 6) is 4.42. The molecule has 5 saturated carbocycles. The van der Waals surface area contributed by atoms with E-state index >= 15 is 0 Å². The molecule has 9 aliphatic rings. The van der Waals surface area contributed by atoms with Crippen LogP contribution in [0.1, 0.15) is 168 Å². The molecule has 0 aromatic heterocycles.